The highest BCUT2D eigenvalue weighted by Crippen LogP contribution is 2.30. The van der Waals surface area contributed by atoms with Crippen molar-refractivity contribution in [1.82, 2.24) is 20.0 Å². The van der Waals surface area contributed by atoms with Crippen LogP contribution in [0.2, 0.25) is 0 Å². The third-order valence-corrected chi connectivity index (χ3v) is 3.98. The number of rotatable bonds is 5. The summed E-state index contributed by atoms with van der Waals surface area (Å²) in [5, 5.41) is 7.54. The van der Waals surface area contributed by atoms with Gasteiger partial charge in [-0.1, -0.05) is 0 Å². The molecule has 0 spiro atoms. The normalized spacial score (nSPS) is 17.7. The Labute approximate surface area is 124 Å². The first kappa shape index (κ1) is 15.5. The van der Waals surface area contributed by atoms with Crippen molar-refractivity contribution < 1.29 is 9.59 Å². The molecule has 2 heterocycles. The Morgan fingerprint density at radius 2 is 2.10 bits per heavy atom. The molecule has 7 nitrogen and oxygen atoms in total. The molecule has 1 aromatic rings. The van der Waals surface area contributed by atoms with Gasteiger partial charge < -0.3 is 16.0 Å². The summed E-state index contributed by atoms with van der Waals surface area (Å²) >= 11 is 0. The molecule has 2 rings (SSSR count). The van der Waals surface area contributed by atoms with Gasteiger partial charge in [-0.05, 0) is 45.8 Å². The smallest absolute Gasteiger partial charge is 0.251 e. The van der Waals surface area contributed by atoms with Gasteiger partial charge in [0.2, 0.25) is 5.91 Å². The minimum atomic E-state index is -0.728. The Balaban J connectivity index is 2.35. The molecule has 1 aliphatic rings. The molecule has 0 aliphatic carbocycles. The number of amides is 2. The molecule has 0 unspecified atom stereocenters. The van der Waals surface area contributed by atoms with Gasteiger partial charge in [0.15, 0.2) is 0 Å². The van der Waals surface area contributed by atoms with Crippen LogP contribution in [0.1, 0.15) is 26.7 Å². The molecule has 21 heavy (non-hydrogen) atoms. The molecule has 1 aromatic heterocycles. The molecular formula is C14H23N5O2. The van der Waals surface area contributed by atoms with Gasteiger partial charge in [-0.15, -0.1) is 0 Å². The van der Waals surface area contributed by atoms with Gasteiger partial charge in [0, 0.05) is 18.4 Å². The summed E-state index contributed by atoms with van der Waals surface area (Å²) in [4.78, 5) is 26.0. The summed E-state index contributed by atoms with van der Waals surface area (Å²) in [7, 11) is 0. The van der Waals surface area contributed by atoms with Gasteiger partial charge in [0.25, 0.3) is 5.91 Å². The van der Waals surface area contributed by atoms with E-state index < -0.39 is 11.4 Å². The Morgan fingerprint density at radius 1 is 1.43 bits per heavy atom. The summed E-state index contributed by atoms with van der Waals surface area (Å²) in [6, 6.07) is 1.72. The van der Waals surface area contributed by atoms with Gasteiger partial charge in [0.1, 0.15) is 5.54 Å². The Hall–Kier alpha value is -1.89. The Kier molecular flexibility index (Phi) is 4.62. The maximum atomic E-state index is 13.1. The van der Waals surface area contributed by atoms with E-state index in [0.29, 0.717) is 12.8 Å². The van der Waals surface area contributed by atoms with E-state index in [2.05, 4.69) is 10.4 Å². The summed E-state index contributed by atoms with van der Waals surface area (Å²) in [5.74, 6) is -0.580. The lowest BCUT2D eigenvalue weighted by molar-refractivity contribution is -0.147. The topological polar surface area (TPSA) is 93.2 Å². The molecule has 7 heteroatoms. The van der Waals surface area contributed by atoms with Crippen molar-refractivity contribution in [3.05, 3.63) is 18.5 Å². The Morgan fingerprint density at radius 3 is 2.57 bits per heavy atom. The molecule has 1 saturated heterocycles. The fourth-order valence-electron chi connectivity index (χ4n) is 2.83. The Bertz CT molecular complexity index is 491. The van der Waals surface area contributed by atoms with Crippen LogP contribution in [0.25, 0.3) is 0 Å². The largest absolute Gasteiger partial charge is 0.368 e. The van der Waals surface area contributed by atoms with Crippen LogP contribution in [0, 0.1) is 0 Å². The maximum Gasteiger partial charge on any atom is 0.251 e. The molecule has 0 aromatic carbocycles. The number of hydrogen-bond acceptors (Lipinski definition) is 4. The third kappa shape index (κ3) is 3.07. The number of nitrogens with one attached hydrogen (secondary N) is 1. The van der Waals surface area contributed by atoms with Gasteiger partial charge in [-0.2, -0.15) is 5.10 Å². The highest BCUT2D eigenvalue weighted by atomic mass is 16.2. The van der Waals surface area contributed by atoms with Crippen LogP contribution in [0.3, 0.4) is 0 Å². The first-order valence-corrected chi connectivity index (χ1v) is 7.27. The van der Waals surface area contributed by atoms with Crippen LogP contribution in [0.5, 0.6) is 0 Å². The fourth-order valence-corrected chi connectivity index (χ4v) is 2.83. The number of carbonyl (C=O) groups excluding carboxylic acids is 2. The predicted molar refractivity (Wildman–Crippen MR) is 78.3 cm³/mol. The van der Waals surface area contributed by atoms with E-state index in [1.807, 2.05) is 26.1 Å². The van der Waals surface area contributed by atoms with Crippen LogP contribution < -0.4 is 11.1 Å². The first-order chi connectivity index (χ1) is 9.97. The van der Waals surface area contributed by atoms with Crippen LogP contribution >= 0.6 is 0 Å². The molecule has 0 radical (unpaired) electrons. The van der Waals surface area contributed by atoms with Gasteiger partial charge in [0.05, 0.1) is 6.54 Å². The molecule has 1 fully saturated rings. The molecule has 1 aliphatic heterocycles. The van der Waals surface area contributed by atoms with Crippen molar-refractivity contribution in [3.8, 4) is 0 Å². The second kappa shape index (κ2) is 6.26. The zero-order valence-corrected chi connectivity index (χ0v) is 12.6. The van der Waals surface area contributed by atoms with Crippen LogP contribution in [-0.4, -0.2) is 52.2 Å². The maximum absolute atomic E-state index is 13.1. The minimum absolute atomic E-state index is 0.0626. The number of carbonyl (C=O) groups is 2. The van der Waals surface area contributed by atoms with Crippen LogP contribution in [-0.2, 0) is 15.1 Å². The monoisotopic (exact) mass is 293 g/mol. The van der Waals surface area contributed by atoms with Crippen molar-refractivity contribution >= 4 is 11.8 Å². The predicted octanol–water partition coefficient (Wildman–Crippen LogP) is -0.316. The van der Waals surface area contributed by atoms with Crippen molar-refractivity contribution in [2.45, 2.75) is 38.3 Å². The minimum Gasteiger partial charge on any atom is -0.368 e. The lowest BCUT2D eigenvalue weighted by Gasteiger charge is -2.41. The first-order valence-electron chi connectivity index (χ1n) is 7.27. The summed E-state index contributed by atoms with van der Waals surface area (Å²) < 4.78 is 1.73. The molecular weight excluding hydrogens is 270 g/mol. The van der Waals surface area contributed by atoms with Crippen LogP contribution in [0.15, 0.2) is 18.5 Å². The lowest BCUT2D eigenvalue weighted by Crippen LogP contribution is -2.58. The van der Waals surface area contributed by atoms with E-state index in [1.54, 1.807) is 15.8 Å². The molecule has 0 saturated carbocycles. The molecule has 116 valence electrons. The zero-order valence-electron chi connectivity index (χ0n) is 12.6. The van der Waals surface area contributed by atoms with Gasteiger partial charge >= 0.3 is 0 Å². The average molecular weight is 293 g/mol. The quantitative estimate of drug-likeness (QED) is 0.778. The third-order valence-electron chi connectivity index (χ3n) is 3.98. The number of hydrogen-bond donors (Lipinski definition) is 2. The zero-order chi connectivity index (χ0) is 15.5. The van der Waals surface area contributed by atoms with Crippen molar-refractivity contribution in [3.63, 3.8) is 0 Å². The highest BCUT2D eigenvalue weighted by Gasteiger charge is 2.45. The second-order valence-electron chi connectivity index (χ2n) is 5.73. The summed E-state index contributed by atoms with van der Waals surface area (Å²) in [6.45, 7) is 5.20. The number of nitrogens with two attached hydrogens (primary N) is 1. The summed E-state index contributed by atoms with van der Waals surface area (Å²) in [6.07, 6.45) is 4.78. The molecule has 2 amide bonds. The highest BCUT2D eigenvalue weighted by molar-refractivity contribution is 5.89. The molecule has 0 bridgehead atoms. The molecule has 0 atom stereocenters. The SMILES string of the molecule is CC(C)N(CC(N)=O)C(=O)C1(n2cccn2)CCNCC1. The number of nitrogens with zero attached hydrogens (tertiary/aromatic N) is 3. The van der Waals surface area contributed by atoms with E-state index in [9.17, 15) is 9.59 Å². The van der Waals surface area contributed by atoms with Crippen LogP contribution in [0.4, 0.5) is 0 Å². The van der Waals surface area contributed by atoms with Gasteiger partial charge in [-0.3, -0.25) is 14.3 Å². The lowest BCUT2D eigenvalue weighted by atomic mass is 9.86. The van der Waals surface area contributed by atoms with E-state index in [-0.39, 0.29) is 18.5 Å². The van der Waals surface area contributed by atoms with Crippen molar-refractivity contribution in [2.24, 2.45) is 5.73 Å². The number of aromatic nitrogens is 2. The summed E-state index contributed by atoms with van der Waals surface area (Å²) in [5.41, 5.74) is 4.56. The number of primary amides is 1. The van der Waals surface area contributed by atoms with E-state index in [1.165, 1.54) is 0 Å². The van der Waals surface area contributed by atoms with Crippen molar-refractivity contribution in [1.29, 1.82) is 0 Å². The number of piperidine rings is 1. The standard InChI is InChI=1S/C14H23N5O2/c1-11(2)18(10-12(15)20)13(21)14(4-7-16-8-5-14)19-9-3-6-17-19/h3,6,9,11,16H,4-5,7-8,10H2,1-2H3,(H2,15,20). The fraction of sp³-hybridized carbons (Fsp3) is 0.643. The van der Waals surface area contributed by atoms with E-state index in [0.717, 1.165) is 13.1 Å². The second-order valence-corrected chi connectivity index (χ2v) is 5.73. The molecule has 3 N–H and O–H groups in total. The van der Waals surface area contributed by atoms with E-state index >= 15 is 0 Å². The average Bonchev–Trinajstić information content (AvgIpc) is 2.99. The van der Waals surface area contributed by atoms with E-state index in [4.69, 9.17) is 5.73 Å². The van der Waals surface area contributed by atoms with Gasteiger partial charge in [-0.25, -0.2) is 0 Å². The van der Waals surface area contributed by atoms with Crippen molar-refractivity contribution in [2.75, 3.05) is 19.6 Å².